The number of rotatable bonds is 7. The molecule has 2 atom stereocenters. The summed E-state index contributed by atoms with van der Waals surface area (Å²) in [6.45, 7) is 5.82. The van der Waals surface area contributed by atoms with Crippen molar-refractivity contribution in [1.29, 1.82) is 0 Å². The van der Waals surface area contributed by atoms with Crippen LogP contribution in [0.2, 0.25) is 0 Å². The highest BCUT2D eigenvalue weighted by Crippen LogP contribution is 2.32. The van der Waals surface area contributed by atoms with E-state index in [1.165, 1.54) is 0 Å². The maximum absolute atomic E-state index is 12.4. The number of benzene rings is 2. The Morgan fingerprint density at radius 2 is 1.83 bits per heavy atom. The van der Waals surface area contributed by atoms with Gasteiger partial charge >= 0.3 is 0 Å². The summed E-state index contributed by atoms with van der Waals surface area (Å²) in [4.78, 5) is 12.0. The molecule has 1 aliphatic heterocycles. The van der Waals surface area contributed by atoms with Gasteiger partial charge in [-0.2, -0.15) is 0 Å². The minimum absolute atomic E-state index is 0.0687. The molecular formula is C22H28N2O4S. The summed E-state index contributed by atoms with van der Waals surface area (Å²) in [5, 5.41) is 2.42. The second kappa shape index (κ2) is 8.97. The van der Waals surface area contributed by atoms with E-state index < -0.39 is 21.3 Å². The first-order chi connectivity index (χ1) is 13.8. The fourth-order valence-corrected chi connectivity index (χ4v) is 4.39. The number of hydrogen-bond acceptors (Lipinski definition) is 4. The quantitative estimate of drug-likeness (QED) is 0.725. The summed E-state index contributed by atoms with van der Waals surface area (Å²) in [6, 6.07) is 14.9. The SMILES string of the molecule is CCOc1ccccc1-c1ccc([C@@H]2NC(=O)CC[C@H]2NS(=O)(=O)C(C)C)cc1. The van der Waals surface area contributed by atoms with Crippen LogP contribution in [-0.2, 0) is 14.8 Å². The molecule has 0 aliphatic carbocycles. The van der Waals surface area contributed by atoms with Crippen molar-refractivity contribution in [1.82, 2.24) is 10.0 Å². The first kappa shape index (κ1) is 21.3. The Morgan fingerprint density at radius 1 is 1.14 bits per heavy atom. The van der Waals surface area contributed by atoms with Crippen LogP contribution in [0.4, 0.5) is 0 Å². The lowest BCUT2D eigenvalue weighted by atomic mass is 9.91. The third kappa shape index (κ3) is 4.97. The summed E-state index contributed by atoms with van der Waals surface area (Å²) in [7, 11) is -3.44. The van der Waals surface area contributed by atoms with Crippen molar-refractivity contribution in [3.05, 3.63) is 54.1 Å². The van der Waals surface area contributed by atoms with E-state index in [4.69, 9.17) is 4.74 Å². The number of sulfonamides is 1. The normalized spacial score (nSPS) is 19.8. The molecule has 7 heteroatoms. The van der Waals surface area contributed by atoms with Gasteiger partial charge in [-0.25, -0.2) is 13.1 Å². The van der Waals surface area contributed by atoms with Crippen molar-refractivity contribution in [2.45, 2.75) is 50.9 Å². The molecule has 0 radical (unpaired) electrons. The highest BCUT2D eigenvalue weighted by atomic mass is 32.2. The van der Waals surface area contributed by atoms with Gasteiger partial charge in [-0.1, -0.05) is 42.5 Å². The molecule has 1 amide bonds. The van der Waals surface area contributed by atoms with Crippen LogP contribution in [0.1, 0.15) is 45.2 Å². The lowest BCUT2D eigenvalue weighted by molar-refractivity contribution is -0.123. The number of amides is 1. The largest absolute Gasteiger partial charge is 0.493 e. The molecule has 2 aromatic carbocycles. The molecule has 2 aromatic rings. The Kier molecular flexibility index (Phi) is 6.59. The van der Waals surface area contributed by atoms with Crippen molar-refractivity contribution in [2.24, 2.45) is 0 Å². The van der Waals surface area contributed by atoms with Crippen LogP contribution in [0, 0.1) is 0 Å². The van der Waals surface area contributed by atoms with Crippen LogP contribution < -0.4 is 14.8 Å². The maximum Gasteiger partial charge on any atom is 0.220 e. The number of nitrogens with one attached hydrogen (secondary N) is 2. The van der Waals surface area contributed by atoms with Gasteiger partial charge in [0.1, 0.15) is 5.75 Å². The second-order valence-corrected chi connectivity index (χ2v) is 9.72. The number of carbonyl (C=O) groups excluding carboxylic acids is 1. The third-order valence-corrected chi connectivity index (χ3v) is 6.98. The van der Waals surface area contributed by atoms with Crippen LogP contribution in [0.25, 0.3) is 11.1 Å². The fraction of sp³-hybridized carbons (Fsp3) is 0.409. The van der Waals surface area contributed by atoms with Gasteiger partial charge in [-0.3, -0.25) is 4.79 Å². The summed E-state index contributed by atoms with van der Waals surface area (Å²) < 4.78 is 33.2. The Labute approximate surface area is 172 Å². The molecule has 2 N–H and O–H groups in total. The van der Waals surface area contributed by atoms with E-state index in [-0.39, 0.29) is 11.9 Å². The molecular weight excluding hydrogens is 388 g/mol. The van der Waals surface area contributed by atoms with Crippen molar-refractivity contribution in [3.8, 4) is 16.9 Å². The summed E-state index contributed by atoms with van der Waals surface area (Å²) >= 11 is 0. The monoisotopic (exact) mass is 416 g/mol. The number of piperidine rings is 1. The van der Waals surface area contributed by atoms with E-state index in [2.05, 4.69) is 10.0 Å². The van der Waals surface area contributed by atoms with Crippen LogP contribution in [0.15, 0.2) is 48.5 Å². The van der Waals surface area contributed by atoms with Gasteiger partial charge in [0.2, 0.25) is 15.9 Å². The Morgan fingerprint density at radius 3 is 2.48 bits per heavy atom. The van der Waals surface area contributed by atoms with E-state index in [0.29, 0.717) is 19.4 Å². The number of para-hydroxylation sites is 1. The first-order valence-corrected chi connectivity index (χ1v) is 11.5. The molecule has 1 heterocycles. The molecule has 0 bridgehead atoms. The Balaban J connectivity index is 1.87. The average molecular weight is 417 g/mol. The van der Waals surface area contributed by atoms with Crippen molar-refractivity contribution in [3.63, 3.8) is 0 Å². The second-order valence-electron chi connectivity index (χ2n) is 7.45. The van der Waals surface area contributed by atoms with Gasteiger partial charge in [0.15, 0.2) is 0 Å². The molecule has 6 nitrogen and oxygen atoms in total. The van der Waals surface area contributed by atoms with Crippen molar-refractivity contribution >= 4 is 15.9 Å². The van der Waals surface area contributed by atoms with Crippen molar-refractivity contribution < 1.29 is 17.9 Å². The van der Waals surface area contributed by atoms with E-state index in [1.54, 1.807) is 13.8 Å². The molecule has 0 aromatic heterocycles. The Bertz CT molecular complexity index is 955. The van der Waals surface area contributed by atoms with Crippen LogP contribution in [-0.4, -0.2) is 32.2 Å². The van der Waals surface area contributed by atoms with E-state index in [1.807, 2.05) is 55.5 Å². The van der Waals surface area contributed by atoms with Gasteiger partial charge < -0.3 is 10.1 Å². The smallest absolute Gasteiger partial charge is 0.220 e. The standard InChI is InChI=1S/C22H28N2O4S/c1-4-28-20-8-6-5-7-18(20)16-9-11-17(12-10-16)22-19(13-14-21(25)23-22)24-29(26,27)15(2)3/h5-12,15,19,22,24H,4,13-14H2,1-3H3,(H,23,25)/t19-,22+/m1/s1. The average Bonchev–Trinajstić information content (AvgIpc) is 2.70. The molecule has 1 fully saturated rings. The zero-order chi connectivity index (χ0) is 21.0. The number of hydrogen-bond donors (Lipinski definition) is 2. The molecule has 0 unspecified atom stereocenters. The number of ether oxygens (including phenoxy) is 1. The molecule has 3 rings (SSSR count). The summed E-state index contributed by atoms with van der Waals surface area (Å²) in [5.41, 5.74) is 2.86. The molecule has 29 heavy (non-hydrogen) atoms. The maximum atomic E-state index is 12.4. The predicted molar refractivity (Wildman–Crippen MR) is 114 cm³/mol. The highest BCUT2D eigenvalue weighted by Gasteiger charge is 2.33. The van der Waals surface area contributed by atoms with E-state index in [0.717, 1.165) is 22.4 Å². The number of carbonyl (C=O) groups is 1. The summed E-state index contributed by atoms with van der Waals surface area (Å²) in [6.07, 6.45) is 0.777. The lowest BCUT2D eigenvalue weighted by Gasteiger charge is -2.33. The topological polar surface area (TPSA) is 84.5 Å². The minimum Gasteiger partial charge on any atom is -0.493 e. The Hall–Kier alpha value is -2.38. The fourth-order valence-electron chi connectivity index (χ4n) is 3.45. The van der Waals surface area contributed by atoms with E-state index in [9.17, 15) is 13.2 Å². The minimum atomic E-state index is -3.44. The zero-order valence-corrected chi connectivity index (χ0v) is 17.8. The van der Waals surface area contributed by atoms with Crippen molar-refractivity contribution in [2.75, 3.05) is 6.61 Å². The first-order valence-electron chi connectivity index (χ1n) is 9.94. The molecule has 1 aliphatic rings. The van der Waals surface area contributed by atoms with Gasteiger partial charge in [0.25, 0.3) is 0 Å². The lowest BCUT2D eigenvalue weighted by Crippen LogP contribution is -2.51. The molecule has 1 saturated heterocycles. The predicted octanol–water partition coefficient (Wildman–Crippen LogP) is 3.40. The van der Waals surface area contributed by atoms with Gasteiger partial charge in [0.05, 0.1) is 17.9 Å². The molecule has 0 spiro atoms. The van der Waals surface area contributed by atoms with Gasteiger partial charge in [-0.05, 0) is 44.4 Å². The zero-order valence-electron chi connectivity index (χ0n) is 17.0. The summed E-state index contributed by atoms with van der Waals surface area (Å²) in [5.74, 6) is 0.747. The van der Waals surface area contributed by atoms with Crippen LogP contribution in [0.3, 0.4) is 0 Å². The molecule has 0 saturated carbocycles. The third-order valence-electron chi connectivity index (χ3n) is 5.11. The van der Waals surface area contributed by atoms with E-state index >= 15 is 0 Å². The van der Waals surface area contributed by atoms with Crippen LogP contribution >= 0.6 is 0 Å². The van der Waals surface area contributed by atoms with Gasteiger partial charge in [-0.15, -0.1) is 0 Å². The van der Waals surface area contributed by atoms with Gasteiger partial charge in [0, 0.05) is 18.0 Å². The highest BCUT2D eigenvalue weighted by molar-refractivity contribution is 7.90. The molecule has 156 valence electrons. The van der Waals surface area contributed by atoms with Crippen LogP contribution in [0.5, 0.6) is 5.75 Å².